The van der Waals surface area contributed by atoms with Gasteiger partial charge in [-0.2, -0.15) is 0 Å². The Hall–Kier alpha value is -3.00. The number of rotatable bonds is 23. The number of aromatic nitrogens is 2. The Labute approximate surface area is 273 Å². The molecule has 1 aliphatic carbocycles. The normalized spacial score (nSPS) is 14.0. The van der Waals surface area contributed by atoms with Crippen LogP contribution in [0.15, 0.2) is 36.4 Å². The molecule has 0 aliphatic heterocycles. The van der Waals surface area contributed by atoms with Crippen molar-refractivity contribution in [1.29, 1.82) is 0 Å². The van der Waals surface area contributed by atoms with Crippen molar-refractivity contribution in [3.63, 3.8) is 0 Å². The highest BCUT2D eigenvalue weighted by molar-refractivity contribution is 5.85. The maximum Gasteiger partial charge on any atom is 0.354 e. The second-order valence-electron chi connectivity index (χ2n) is 10.9. The molecule has 0 aromatic carbocycles. The maximum atomic E-state index is 11.4. The number of hydrogen-bond acceptors (Lipinski definition) is 10. The Balaban J connectivity index is 0.00000361. The highest BCUT2D eigenvalue weighted by atomic mass is 16.5. The number of ether oxygens (including phenoxy) is 3. The zero-order chi connectivity index (χ0) is 33.6. The molecule has 1 atom stereocenters. The van der Waals surface area contributed by atoms with Crippen LogP contribution in [0.2, 0.25) is 0 Å². The predicted molar refractivity (Wildman–Crippen MR) is 175 cm³/mol. The molecule has 1 unspecified atom stereocenters. The van der Waals surface area contributed by atoms with Crippen LogP contribution in [0.5, 0.6) is 0 Å². The second-order valence-corrected chi connectivity index (χ2v) is 10.9. The van der Waals surface area contributed by atoms with E-state index >= 15 is 0 Å². The Morgan fingerprint density at radius 3 is 2.09 bits per heavy atom. The molecule has 2 heterocycles. The maximum absolute atomic E-state index is 11.4. The minimum absolute atomic E-state index is 0.00546. The molecule has 0 saturated heterocycles. The van der Waals surface area contributed by atoms with Crippen LogP contribution in [0.1, 0.15) is 97.7 Å². The number of carboxylic acid groups (broad SMARTS) is 2. The van der Waals surface area contributed by atoms with Gasteiger partial charge < -0.3 is 29.5 Å². The van der Waals surface area contributed by atoms with E-state index in [-0.39, 0.29) is 24.0 Å². The molecule has 3 rings (SSSR count). The SMILES string of the molecule is CC.CCCC(c1cccc(C(=O)O)n1)N(CCO)CCOCCOCCN(CCOC1CCCC1)Cc1cccc(C(=O)O)n1. The molecule has 2 aromatic rings. The first-order valence-corrected chi connectivity index (χ1v) is 16.6. The third-order valence-corrected chi connectivity index (χ3v) is 7.64. The number of carboxylic acids is 2. The van der Waals surface area contributed by atoms with Gasteiger partial charge in [0.2, 0.25) is 0 Å². The third kappa shape index (κ3) is 14.6. The highest BCUT2D eigenvalue weighted by Crippen LogP contribution is 2.24. The summed E-state index contributed by atoms with van der Waals surface area (Å²) in [6.45, 7) is 11.2. The number of aromatic carboxylic acids is 2. The van der Waals surface area contributed by atoms with E-state index in [9.17, 15) is 24.9 Å². The summed E-state index contributed by atoms with van der Waals surface area (Å²) in [6.07, 6.45) is 6.63. The van der Waals surface area contributed by atoms with Gasteiger partial charge in [-0.1, -0.05) is 52.2 Å². The molecule has 1 aliphatic rings. The zero-order valence-corrected chi connectivity index (χ0v) is 27.8. The van der Waals surface area contributed by atoms with Crippen LogP contribution < -0.4 is 0 Å². The molecule has 1 saturated carbocycles. The van der Waals surface area contributed by atoms with E-state index in [1.54, 1.807) is 12.1 Å². The van der Waals surface area contributed by atoms with Crippen LogP contribution in [-0.2, 0) is 20.8 Å². The summed E-state index contributed by atoms with van der Waals surface area (Å²) < 4.78 is 17.7. The number of nitrogens with zero attached hydrogens (tertiary/aromatic N) is 4. The predicted octanol–water partition coefficient (Wildman–Crippen LogP) is 4.53. The van der Waals surface area contributed by atoms with Crippen molar-refractivity contribution in [3.05, 3.63) is 59.2 Å². The summed E-state index contributed by atoms with van der Waals surface area (Å²) in [6, 6.07) is 9.91. The summed E-state index contributed by atoms with van der Waals surface area (Å²) in [7, 11) is 0. The number of hydrogen-bond donors (Lipinski definition) is 3. The van der Waals surface area contributed by atoms with Crippen LogP contribution in [0.3, 0.4) is 0 Å². The topological polar surface area (TPSA) is 155 Å². The number of carbonyl (C=O) groups is 2. The monoisotopic (exact) mass is 646 g/mol. The Morgan fingerprint density at radius 1 is 0.848 bits per heavy atom. The van der Waals surface area contributed by atoms with Gasteiger partial charge in [-0.3, -0.25) is 9.80 Å². The summed E-state index contributed by atoms with van der Waals surface area (Å²) in [4.78, 5) is 35.6. The fraction of sp³-hybridized carbons (Fsp3) is 0.647. The fourth-order valence-electron chi connectivity index (χ4n) is 5.39. The molecule has 46 heavy (non-hydrogen) atoms. The Bertz CT molecular complexity index is 1130. The molecule has 3 N–H and O–H groups in total. The lowest BCUT2D eigenvalue weighted by Gasteiger charge is -2.31. The van der Waals surface area contributed by atoms with Gasteiger partial charge in [-0.15, -0.1) is 0 Å². The van der Waals surface area contributed by atoms with Crippen LogP contribution in [0.25, 0.3) is 0 Å². The van der Waals surface area contributed by atoms with Gasteiger partial charge >= 0.3 is 11.9 Å². The van der Waals surface area contributed by atoms with Crippen LogP contribution in [-0.4, -0.2) is 119 Å². The van der Waals surface area contributed by atoms with Gasteiger partial charge in [0, 0.05) is 32.7 Å². The first-order chi connectivity index (χ1) is 22.4. The van der Waals surface area contributed by atoms with Gasteiger partial charge in [0.15, 0.2) is 0 Å². The van der Waals surface area contributed by atoms with Gasteiger partial charge in [0.05, 0.1) is 63.2 Å². The van der Waals surface area contributed by atoms with Crippen LogP contribution >= 0.6 is 0 Å². The molecule has 0 amide bonds. The van der Waals surface area contributed by atoms with Crippen molar-refractivity contribution in [2.24, 2.45) is 0 Å². The van der Waals surface area contributed by atoms with Crippen LogP contribution in [0.4, 0.5) is 0 Å². The standard InChI is InChI=1S/C32H48N4O8.C2H6/c1-2-7-30(27-11-6-13-29(34-27)32(40)41)36(14-18-37)17-20-43-23-22-42-19-15-35(16-21-44-26-9-3-4-10-26)24-25-8-5-12-28(33-25)31(38)39;1-2/h5-6,8,11-13,26,30,37H,2-4,7,9-10,14-24H2,1H3,(H,38,39)(H,40,41);1-2H3. The molecular weight excluding hydrogens is 592 g/mol. The first kappa shape index (κ1) is 39.2. The molecule has 2 aromatic heterocycles. The van der Waals surface area contributed by atoms with E-state index in [0.29, 0.717) is 83.3 Å². The minimum Gasteiger partial charge on any atom is -0.477 e. The number of aliphatic hydroxyl groups is 1. The van der Waals surface area contributed by atoms with Gasteiger partial charge in [0.1, 0.15) is 11.4 Å². The van der Waals surface area contributed by atoms with Crippen molar-refractivity contribution in [2.45, 2.75) is 78.0 Å². The van der Waals surface area contributed by atoms with Crippen molar-refractivity contribution in [2.75, 3.05) is 65.8 Å². The van der Waals surface area contributed by atoms with E-state index in [0.717, 1.165) is 25.7 Å². The highest BCUT2D eigenvalue weighted by Gasteiger charge is 2.22. The van der Waals surface area contributed by atoms with Gasteiger partial charge in [0.25, 0.3) is 0 Å². The summed E-state index contributed by atoms with van der Waals surface area (Å²) in [5.74, 6) is -2.11. The van der Waals surface area contributed by atoms with Crippen molar-refractivity contribution < 1.29 is 39.1 Å². The lowest BCUT2D eigenvalue weighted by atomic mass is 10.0. The van der Waals surface area contributed by atoms with E-state index in [1.165, 1.54) is 25.0 Å². The molecule has 258 valence electrons. The van der Waals surface area contributed by atoms with E-state index in [1.807, 2.05) is 26.0 Å². The van der Waals surface area contributed by atoms with E-state index < -0.39 is 11.9 Å². The van der Waals surface area contributed by atoms with E-state index in [2.05, 4.69) is 26.7 Å². The molecule has 12 heteroatoms. The molecule has 1 fully saturated rings. The average Bonchev–Trinajstić information content (AvgIpc) is 3.59. The number of pyridine rings is 2. The third-order valence-electron chi connectivity index (χ3n) is 7.64. The van der Waals surface area contributed by atoms with Crippen molar-refractivity contribution in [1.82, 2.24) is 19.8 Å². The largest absolute Gasteiger partial charge is 0.477 e. The lowest BCUT2D eigenvalue weighted by molar-refractivity contribution is 0.0135. The quantitative estimate of drug-likeness (QED) is 0.145. The molecule has 12 nitrogen and oxygen atoms in total. The van der Waals surface area contributed by atoms with Crippen LogP contribution in [0, 0.1) is 0 Å². The molecule has 0 bridgehead atoms. The number of aliphatic hydroxyl groups excluding tert-OH is 1. The molecular formula is C34H54N4O8. The van der Waals surface area contributed by atoms with Gasteiger partial charge in [-0.25, -0.2) is 19.6 Å². The van der Waals surface area contributed by atoms with Crippen molar-refractivity contribution in [3.8, 4) is 0 Å². The minimum atomic E-state index is -1.07. The average molecular weight is 647 g/mol. The zero-order valence-electron chi connectivity index (χ0n) is 27.8. The molecule has 0 radical (unpaired) electrons. The first-order valence-electron chi connectivity index (χ1n) is 16.6. The smallest absolute Gasteiger partial charge is 0.354 e. The summed E-state index contributed by atoms with van der Waals surface area (Å²) >= 11 is 0. The van der Waals surface area contributed by atoms with Crippen molar-refractivity contribution >= 4 is 11.9 Å². The summed E-state index contributed by atoms with van der Waals surface area (Å²) in [5.41, 5.74) is 1.40. The molecule has 0 spiro atoms. The second kappa shape index (κ2) is 23.3. The Morgan fingerprint density at radius 2 is 1.46 bits per heavy atom. The lowest BCUT2D eigenvalue weighted by Crippen LogP contribution is -2.35. The summed E-state index contributed by atoms with van der Waals surface area (Å²) in [5, 5.41) is 28.3. The van der Waals surface area contributed by atoms with E-state index in [4.69, 9.17) is 14.2 Å². The fourth-order valence-corrected chi connectivity index (χ4v) is 5.39. The Kier molecular flexibility index (Phi) is 19.9. The van der Waals surface area contributed by atoms with Gasteiger partial charge in [-0.05, 0) is 43.5 Å².